The Hall–Kier alpha value is -1.02. The highest BCUT2D eigenvalue weighted by atomic mass is 35.5. The van der Waals surface area contributed by atoms with Gasteiger partial charge in [-0.3, -0.25) is 4.79 Å². The molecule has 1 unspecified atom stereocenters. The molecule has 1 aromatic carbocycles. The molecule has 3 heteroatoms. The Balaban J connectivity index is 2.16. The molecule has 2 rings (SSSR count). The normalized spacial score (nSPS) is 20.0. The molecule has 110 valence electrons. The van der Waals surface area contributed by atoms with E-state index in [9.17, 15) is 4.79 Å². The standard InChI is InChI=1S/C17H24ClNO/c1-17(2,3)14-9-7-13(8-10-14)16(20)19-11-5-4-6-15(19)12-18/h7-10,15H,4-6,11-12H2,1-3H3. The van der Waals surface area contributed by atoms with Crippen molar-refractivity contribution in [1.82, 2.24) is 4.90 Å². The Morgan fingerprint density at radius 2 is 1.90 bits per heavy atom. The number of benzene rings is 1. The predicted molar refractivity (Wildman–Crippen MR) is 84.5 cm³/mol. The molecule has 0 saturated carbocycles. The van der Waals surface area contributed by atoms with Gasteiger partial charge >= 0.3 is 0 Å². The van der Waals surface area contributed by atoms with Gasteiger partial charge in [0.2, 0.25) is 0 Å². The molecule has 20 heavy (non-hydrogen) atoms. The van der Waals surface area contributed by atoms with Gasteiger partial charge in [-0.25, -0.2) is 0 Å². The van der Waals surface area contributed by atoms with Crippen LogP contribution in [0.4, 0.5) is 0 Å². The van der Waals surface area contributed by atoms with Gasteiger partial charge in [0, 0.05) is 24.0 Å². The van der Waals surface area contributed by atoms with E-state index >= 15 is 0 Å². The molecule has 1 saturated heterocycles. The Morgan fingerprint density at radius 3 is 2.45 bits per heavy atom. The van der Waals surface area contributed by atoms with Crippen molar-refractivity contribution in [3.05, 3.63) is 35.4 Å². The van der Waals surface area contributed by atoms with Crippen molar-refractivity contribution in [2.45, 2.75) is 51.5 Å². The summed E-state index contributed by atoms with van der Waals surface area (Å²) in [5.74, 6) is 0.655. The molecule has 1 atom stereocenters. The highest BCUT2D eigenvalue weighted by Crippen LogP contribution is 2.24. The van der Waals surface area contributed by atoms with E-state index in [1.54, 1.807) is 0 Å². The second-order valence-corrected chi connectivity index (χ2v) is 6.94. The van der Waals surface area contributed by atoms with Crippen LogP contribution >= 0.6 is 11.6 Å². The molecule has 0 spiro atoms. The van der Waals surface area contributed by atoms with Crippen molar-refractivity contribution < 1.29 is 4.79 Å². The van der Waals surface area contributed by atoms with Crippen molar-refractivity contribution >= 4 is 17.5 Å². The van der Waals surface area contributed by atoms with E-state index in [2.05, 4.69) is 32.9 Å². The number of likely N-dealkylation sites (tertiary alicyclic amines) is 1. The number of carbonyl (C=O) groups is 1. The molecule has 0 bridgehead atoms. The van der Waals surface area contributed by atoms with Gasteiger partial charge in [0.15, 0.2) is 0 Å². The van der Waals surface area contributed by atoms with E-state index in [1.165, 1.54) is 12.0 Å². The first-order valence-electron chi connectivity index (χ1n) is 7.41. The monoisotopic (exact) mass is 293 g/mol. The minimum absolute atomic E-state index is 0.116. The van der Waals surface area contributed by atoms with Crippen LogP contribution in [0.15, 0.2) is 24.3 Å². The third kappa shape index (κ3) is 3.35. The summed E-state index contributed by atoms with van der Waals surface area (Å²) in [5.41, 5.74) is 2.14. The fourth-order valence-corrected chi connectivity index (χ4v) is 3.03. The molecule has 1 aliphatic rings. The summed E-state index contributed by atoms with van der Waals surface area (Å²) in [6, 6.07) is 8.21. The van der Waals surface area contributed by atoms with Gasteiger partial charge in [-0.05, 0) is 42.4 Å². The zero-order chi connectivity index (χ0) is 14.8. The average molecular weight is 294 g/mol. The zero-order valence-electron chi connectivity index (χ0n) is 12.7. The molecule has 0 aliphatic carbocycles. The van der Waals surface area contributed by atoms with Crippen LogP contribution in [0, 0.1) is 0 Å². The first kappa shape index (κ1) is 15.4. The zero-order valence-corrected chi connectivity index (χ0v) is 13.4. The van der Waals surface area contributed by atoms with Gasteiger partial charge in [0.1, 0.15) is 0 Å². The first-order valence-corrected chi connectivity index (χ1v) is 7.94. The highest BCUT2D eigenvalue weighted by molar-refractivity contribution is 6.18. The third-order valence-electron chi connectivity index (χ3n) is 4.06. The van der Waals surface area contributed by atoms with Crippen molar-refractivity contribution in [3.8, 4) is 0 Å². The van der Waals surface area contributed by atoms with Crippen LogP contribution in [0.5, 0.6) is 0 Å². The summed E-state index contributed by atoms with van der Waals surface area (Å²) in [6.45, 7) is 7.37. The maximum absolute atomic E-state index is 12.6. The van der Waals surface area contributed by atoms with Gasteiger partial charge in [-0.2, -0.15) is 0 Å². The number of piperidine rings is 1. The number of amides is 1. The van der Waals surface area contributed by atoms with Crippen LogP contribution in [0.1, 0.15) is 56.0 Å². The lowest BCUT2D eigenvalue weighted by atomic mass is 9.86. The first-order chi connectivity index (χ1) is 9.43. The minimum Gasteiger partial charge on any atom is -0.334 e. The van der Waals surface area contributed by atoms with E-state index in [0.29, 0.717) is 5.88 Å². The lowest BCUT2D eigenvalue weighted by Gasteiger charge is -2.34. The van der Waals surface area contributed by atoms with Crippen LogP contribution in [0.2, 0.25) is 0 Å². The van der Waals surface area contributed by atoms with E-state index in [4.69, 9.17) is 11.6 Å². The molecule has 0 radical (unpaired) electrons. The number of alkyl halides is 1. The van der Waals surface area contributed by atoms with Crippen LogP contribution in [-0.4, -0.2) is 29.3 Å². The van der Waals surface area contributed by atoms with E-state index in [1.807, 2.05) is 17.0 Å². The number of hydrogen-bond donors (Lipinski definition) is 0. The summed E-state index contributed by atoms with van der Waals surface area (Å²) in [7, 11) is 0. The largest absolute Gasteiger partial charge is 0.334 e. The molecule has 1 aliphatic heterocycles. The molecule has 1 aromatic rings. The van der Waals surface area contributed by atoms with Gasteiger partial charge in [-0.1, -0.05) is 32.9 Å². The quantitative estimate of drug-likeness (QED) is 0.748. The summed E-state index contributed by atoms with van der Waals surface area (Å²) < 4.78 is 0. The van der Waals surface area contributed by atoms with Crippen molar-refractivity contribution in [2.24, 2.45) is 0 Å². The van der Waals surface area contributed by atoms with Crippen molar-refractivity contribution in [2.75, 3.05) is 12.4 Å². The second kappa shape index (κ2) is 6.17. The summed E-state index contributed by atoms with van der Waals surface area (Å²) in [6.07, 6.45) is 3.28. The van der Waals surface area contributed by atoms with Crippen LogP contribution < -0.4 is 0 Å². The van der Waals surface area contributed by atoms with Gasteiger partial charge in [0.05, 0.1) is 0 Å². The molecule has 2 nitrogen and oxygen atoms in total. The van der Waals surface area contributed by atoms with E-state index < -0.39 is 0 Å². The molecule has 1 amide bonds. The molecular weight excluding hydrogens is 270 g/mol. The maximum Gasteiger partial charge on any atom is 0.254 e. The summed E-state index contributed by atoms with van der Waals surface area (Å²) in [5, 5.41) is 0. The van der Waals surface area contributed by atoms with Crippen LogP contribution in [-0.2, 0) is 5.41 Å². The summed E-state index contributed by atoms with van der Waals surface area (Å²) in [4.78, 5) is 14.5. The van der Waals surface area contributed by atoms with Crippen LogP contribution in [0.25, 0.3) is 0 Å². The average Bonchev–Trinajstić information content (AvgIpc) is 2.45. The van der Waals surface area contributed by atoms with E-state index in [0.717, 1.165) is 24.9 Å². The predicted octanol–water partition coefficient (Wildman–Crippen LogP) is 4.22. The maximum atomic E-state index is 12.6. The minimum atomic E-state index is 0.116. The van der Waals surface area contributed by atoms with Crippen molar-refractivity contribution in [3.63, 3.8) is 0 Å². The lowest BCUT2D eigenvalue weighted by Crippen LogP contribution is -2.44. The van der Waals surface area contributed by atoms with Gasteiger partial charge < -0.3 is 4.90 Å². The second-order valence-electron chi connectivity index (χ2n) is 6.63. The Kier molecular flexibility index (Phi) is 4.74. The third-order valence-corrected chi connectivity index (χ3v) is 4.42. The SMILES string of the molecule is CC(C)(C)c1ccc(C(=O)N2CCCCC2CCl)cc1. The Morgan fingerprint density at radius 1 is 1.25 bits per heavy atom. The van der Waals surface area contributed by atoms with Gasteiger partial charge in [-0.15, -0.1) is 11.6 Å². The number of halogens is 1. The fraction of sp³-hybridized carbons (Fsp3) is 0.588. The highest BCUT2D eigenvalue weighted by Gasteiger charge is 2.26. The van der Waals surface area contributed by atoms with E-state index in [-0.39, 0.29) is 17.4 Å². The molecular formula is C17H24ClNO. The number of carbonyl (C=O) groups excluding carboxylic acids is 1. The molecule has 1 heterocycles. The topological polar surface area (TPSA) is 20.3 Å². The molecule has 0 N–H and O–H groups in total. The smallest absolute Gasteiger partial charge is 0.254 e. The lowest BCUT2D eigenvalue weighted by molar-refractivity contribution is 0.0639. The Bertz CT molecular complexity index is 461. The molecule has 1 fully saturated rings. The number of rotatable bonds is 2. The van der Waals surface area contributed by atoms with Crippen LogP contribution in [0.3, 0.4) is 0 Å². The summed E-state index contributed by atoms with van der Waals surface area (Å²) >= 11 is 6.00. The number of nitrogens with zero attached hydrogens (tertiary/aromatic N) is 1. The van der Waals surface area contributed by atoms with Crippen molar-refractivity contribution in [1.29, 1.82) is 0 Å². The molecule has 0 aromatic heterocycles. The number of hydrogen-bond acceptors (Lipinski definition) is 1. The Labute approximate surface area is 127 Å². The van der Waals surface area contributed by atoms with Gasteiger partial charge in [0.25, 0.3) is 5.91 Å². The fourth-order valence-electron chi connectivity index (χ4n) is 2.71.